The van der Waals surface area contributed by atoms with Gasteiger partial charge in [0.2, 0.25) is 0 Å². The number of aromatic hydroxyl groups is 1. The lowest BCUT2D eigenvalue weighted by Crippen LogP contribution is -2.23. The lowest BCUT2D eigenvalue weighted by Gasteiger charge is -2.33. The first-order valence-electron chi connectivity index (χ1n) is 7.36. The molecule has 0 fully saturated rings. The van der Waals surface area contributed by atoms with E-state index in [-0.39, 0.29) is 11.0 Å². The maximum absolute atomic E-state index is 14.0. The number of phenolic OH excluding ortho intramolecular Hbond substituents is 1. The van der Waals surface area contributed by atoms with Gasteiger partial charge in [-0.25, -0.2) is 4.39 Å². The predicted molar refractivity (Wildman–Crippen MR) is 89.5 cm³/mol. The Balaban J connectivity index is 2.51. The summed E-state index contributed by atoms with van der Waals surface area (Å²) in [6, 6.07) is 12.8. The van der Waals surface area contributed by atoms with Crippen molar-refractivity contribution in [1.29, 1.82) is 0 Å². The van der Waals surface area contributed by atoms with E-state index in [2.05, 4.69) is 13.8 Å². The summed E-state index contributed by atoms with van der Waals surface area (Å²) in [6.07, 6.45) is 1.74. The van der Waals surface area contributed by atoms with Crippen LogP contribution in [0.2, 0.25) is 0 Å². The highest BCUT2D eigenvalue weighted by molar-refractivity contribution is 7.48. The fourth-order valence-corrected chi connectivity index (χ4v) is 4.33. The SMILES string of the molecule is CCC(CC)(Pc1ccccc1F)c1cccc(C)c1O. The van der Waals surface area contributed by atoms with Crippen molar-refractivity contribution in [2.75, 3.05) is 0 Å². The summed E-state index contributed by atoms with van der Waals surface area (Å²) >= 11 is 0. The molecule has 0 heterocycles. The molecule has 0 radical (unpaired) electrons. The van der Waals surface area contributed by atoms with Crippen LogP contribution in [0.25, 0.3) is 0 Å². The molecule has 0 aliphatic heterocycles. The van der Waals surface area contributed by atoms with Crippen LogP contribution in [0.3, 0.4) is 0 Å². The van der Waals surface area contributed by atoms with Gasteiger partial charge in [-0.3, -0.25) is 0 Å². The summed E-state index contributed by atoms with van der Waals surface area (Å²) in [4.78, 5) is 0. The van der Waals surface area contributed by atoms with Crippen molar-refractivity contribution in [1.82, 2.24) is 0 Å². The first kappa shape index (κ1) is 16.0. The van der Waals surface area contributed by atoms with Crippen LogP contribution in [0.1, 0.15) is 37.8 Å². The van der Waals surface area contributed by atoms with Gasteiger partial charge in [0.05, 0.1) is 0 Å². The molecule has 0 amide bonds. The molecule has 0 bridgehead atoms. The van der Waals surface area contributed by atoms with Crippen molar-refractivity contribution in [3.05, 3.63) is 59.4 Å². The minimum Gasteiger partial charge on any atom is -0.507 e. The first-order chi connectivity index (χ1) is 10.0. The van der Waals surface area contributed by atoms with Gasteiger partial charge in [-0.1, -0.05) is 58.8 Å². The maximum atomic E-state index is 14.0. The van der Waals surface area contributed by atoms with Gasteiger partial charge >= 0.3 is 0 Å². The predicted octanol–water partition coefficient (Wildman–Crippen LogP) is 4.86. The standard InChI is InChI=1S/C18H22FOP/c1-4-18(5-2,14-10-8-9-13(3)17(14)20)21-16-12-7-6-11-15(16)19/h6-12,20-21H,4-5H2,1-3H3. The highest BCUT2D eigenvalue weighted by Gasteiger charge is 2.32. The Morgan fingerprint density at radius 1 is 1.05 bits per heavy atom. The highest BCUT2D eigenvalue weighted by Crippen LogP contribution is 2.50. The van der Waals surface area contributed by atoms with E-state index in [9.17, 15) is 9.50 Å². The summed E-state index contributed by atoms with van der Waals surface area (Å²) in [5, 5.41) is 11.0. The normalized spacial score (nSPS) is 12.2. The number of benzene rings is 2. The average Bonchev–Trinajstić information content (AvgIpc) is 2.50. The number of para-hydroxylation sites is 1. The van der Waals surface area contributed by atoms with Gasteiger partial charge in [0, 0.05) is 16.0 Å². The van der Waals surface area contributed by atoms with Crippen LogP contribution in [0, 0.1) is 12.7 Å². The van der Waals surface area contributed by atoms with Crippen molar-refractivity contribution in [3.8, 4) is 5.75 Å². The molecule has 0 spiro atoms. The molecule has 2 aromatic rings. The van der Waals surface area contributed by atoms with Crippen molar-refractivity contribution in [3.63, 3.8) is 0 Å². The molecule has 0 aliphatic carbocycles. The van der Waals surface area contributed by atoms with Crippen molar-refractivity contribution in [2.24, 2.45) is 0 Å². The van der Waals surface area contributed by atoms with E-state index in [1.807, 2.05) is 37.3 Å². The fourth-order valence-electron chi connectivity index (χ4n) is 2.74. The summed E-state index contributed by atoms with van der Waals surface area (Å²) in [7, 11) is 0.300. The van der Waals surface area contributed by atoms with Crippen molar-refractivity contribution in [2.45, 2.75) is 38.8 Å². The van der Waals surface area contributed by atoms with E-state index in [1.165, 1.54) is 6.07 Å². The Morgan fingerprint density at radius 2 is 1.71 bits per heavy atom. The van der Waals surface area contributed by atoms with Gasteiger partial charge in [0.25, 0.3) is 0 Å². The van der Waals surface area contributed by atoms with Crippen molar-refractivity contribution < 1.29 is 9.50 Å². The van der Waals surface area contributed by atoms with E-state index in [4.69, 9.17) is 0 Å². The molecule has 1 unspecified atom stereocenters. The third-order valence-electron chi connectivity index (χ3n) is 4.21. The molecule has 0 saturated carbocycles. The Morgan fingerprint density at radius 3 is 2.33 bits per heavy atom. The van der Waals surface area contributed by atoms with Crippen LogP contribution < -0.4 is 5.30 Å². The number of hydrogen-bond donors (Lipinski definition) is 1. The number of rotatable bonds is 5. The molecular formula is C18H22FOP. The monoisotopic (exact) mass is 304 g/mol. The minimum atomic E-state index is -0.210. The third kappa shape index (κ3) is 3.11. The quantitative estimate of drug-likeness (QED) is 0.782. The molecule has 3 heteroatoms. The number of halogens is 1. The second kappa shape index (κ2) is 6.58. The molecule has 0 aromatic heterocycles. The molecule has 2 aromatic carbocycles. The third-order valence-corrected chi connectivity index (χ3v) is 6.34. The zero-order valence-corrected chi connectivity index (χ0v) is 13.8. The van der Waals surface area contributed by atoms with Gasteiger partial charge in [-0.2, -0.15) is 0 Å². The van der Waals surface area contributed by atoms with Gasteiger partial charge in [0.1, 0.15) is 11.6 Å². The highest BCUT2D eigenvalue weighted by atomic mass is 31.1. The first-order valence-corrected chi connectivity index (χ1v) is 8.36. The van der Waals surface area contributed by atoms with E-state index in [0.29, 0.717) is 14.3 Å². The number of hydrogen-bond acceptors (Lipinski definition) is 1. The summed E-state index contributed by atoms with van der Waals surface area (Å²) in [6.45, 7) is 6.12. The van der Waals surface area contributed by atoms with Crippen LogP contribution in [0.5, 0.6) is 5.75 Å². The van der Waals surface area contributed by atoms with Gasteiger partial charge in [-0.05, 0) is 31.4 Å². The molecule has 1 nitrogen and oxygen atoms in total. The van der Waals surface area contributed by atoms with Crippen LogP contribution in [-0.2, 0) is 5.16 Å². The topological polar surface area (TPSA) is 20.2 Å². The molecule has 1 N–H and O–H groups in total. The zero-order valence-electron chi connectivity index (χ0n) is 12.8. The summed E-state index contributed by atoms with van der Waals surface area (Å²) in [5.74, 6) is 0.194. The average molecular weight is 304 g/mol. The van der Waals surface area contributed by atoms with Crippen LogP contribution in [0.15, 0.2) is 42.5 Å². The Bertz CT molecular complexity index is 620. The Kier molecular flexibility index (Phi) is 5.00. The summed E-state index contributed by atoms with van der Waals surface area (Å²) < 4.78 is 14.0. The summed E-state index contributed by atoms with van der Waals surface area (Å²) in [5.41, 5.74) is 1.81. The smallest absolute Gasteiger partial charge is 0.130 e. The molecule has 21 heavy (non-hydrogen) atoms. The van der Waals surface area contributed by atoms with E-state index < -0.39 is 0 Å². The van der Waals surface area contributed by atoms with Gasteiger partial charge in [0.15, 0.2) is 0 Å². The molecule has 1 atom stereocenters. The fraction of sp³-hybridized carbons (Fsp3) is 0.333. The van der Waals surface area contributed by atoms with E-state index in [0.717, 1.165) is 29.3 Å². The van der Waals surface area contributed by atoms with Crippen LogP contribution in [0.4, 0.5) is 4.39 Å². The molecule has 2 rings (SSSR count). The second-order valence-corrected chi connectivity index (χ2v) is 7.11. The molecule has 112 valence electrons. The lowest BCUT2D eigenvalue weighted by atomic mass is 9.90. The van der Waals surface area contributed by atoms with E-state index >= 15 is 0 Å². The van der Waals surface area contributed by atoms with Crippen LogP contribution in [-0.4, -0.2) is 5.11 Å². The second-order valence-electron chi connectivity index (χ2n) is 5.37. The molecule has 0 saturated heterocycles. The maximum Gasteiger partial charge on any atom is 0.130 e. The number of phenols is 1. The number of aryl methyl sites for hydroxylation is 1. The lowest BCUT2D eigenvalue weighted by molar-refractivity contribution is 0.444. The molecule has 0 aliphatic rings. The Labute approximate surface area is 128 Å². The van der Waals surface area contributed by atoms with E-state index in [1.54, 1.807) is 6.07 Å². The minimum absolute atomic E-state index is 0.158. The van der Waals surface area contributed by atoms with Gasteiger partial charge < -0.3 is 5.11 Å². The van der Waals surface area contributed by atoms with Gasteiger partial charge in [-0.15, -0.1) is 0 Å². The zero-order chi connectivity index (χ0) is 15.5. The Hall–Kier alpha value is -1.40. The van der Waals surface area contributed by atoms with Crippen molar-refractivity contribution >= 4 is 13.9 Å². The largest absolute Gasteiger partial charge is 0.507 e. The molecular weight excluding hydrogens is 282 g/mol. The van der Waals surface area contributed by atoms with Crippen LogP contribution >= 0.6 is 8.58 Å².